The lowest BCUT2D eigenvalue weighted by Gasteiger charge is -1.98. The standard InChI is InChI=1S/C17H12N5OS/c18-16-21(11-14(23)12-7-3-1-4-8-12)20-17-22(16)19-15(24-17)13-9-5-2-6-10-13/h1-11,18H/q+1. The third-order valence-corrected chi connectivity index (χ3v) is 4.44. The molecule has 116 valence electrons. The number of Topliss-reactive ketones (excluding diaryl/α,β-unsaturated/α-hetero) is 1. The Balaban J connectivity index is 1.58. The van der Waals surface area contributed by atoms with E-state index in [1.54, 1.807) is 24.3 Å². The van der Waals surface area contributed by atoms with Gasteiger partial charge in [0.05, 0.1) is 0 Å². The van der Waals surface area contributed by atoms with Crippen molar-refractivity contribution >= 4 is 39.9 Å². The van der Waals surface area contributed by atoms with Crippen molar-refractivity contribution in [2.45, 2.75) is 0 Å². The zero-order chi connectivity index (χ0) is 16.5. The van der Waals surface area contributed by atoms with Gasteiger partial charge in [-0.1, -0.05) is 75.9 Å². The molecule has 0 radical (unpaired) electrons. The second-order valence-electron chi connectivity index (χ2n) is 5.10. The van der Waals surface area contributed by atoms with Crippen LogP contribution in [-0.2, 0) is 0 Å². The second kappa shape index (κ2) is 5.86. The molecule has 2 aromatic rings. The molecule has 0 saturated carbocycles. The molecule has 0 unspecified atom stereocenters. The molecule has 7 heteroatoms. The van der Waals surface area contributed by atoms with Gasteiger partial charge in [-0.25, -0.2) is 0 Å². The molecular formula is C17H12N5OS+. The van der Waals surface area contributed by atoms with Crippen LogP contribution in [0.4, 0.5) is 0 Å². The Morgan fingerprint density at radius 2 is 1.75 bits per heavy atom. The highest BCUT2D eigenvalue weighted by Gasteiger charge is 2.42. The highest BCUT2D eigenvalue weighted by Crippen LogP contribution is 2.28. The molecule has 0 spiro atoms. The number of thioether (sulfide) groups is 1. The molecule has 0 bridgehead atoms. The number of amidine groups is 1. The van der Waals surface area contributed by atoms with E-state index in [0.29, 0.717) is 10.7 Å². The van der Waals surface area contributed by atoms with Gasteiger partial charge in [0, 0.05) is 11.1 Å². The summed E-state index contributed by atoms with van der Waals surface area (Å²) in [7, 11) is 0. The summed E-state index contributed by atoms with van der Waals surface area (Å²) in [6.45, 7) is 0. The summed E-state index contributed by atoms with van der Waals surface area (Å²) in [6.07, 6.45) is 1.31. The molecule has 2 aliphatic heterocycles. The fraction of sp³-hybridized carbons (Fsp3) is 0. The third kappa shape index (κ3) is 2.55. The fourth-order valence-electron chi connectivity index (χ4n) is 2.30. The number of carbonyl (C=O) groups is 1. The molecular weight excluding hydrogens is 322 g/mol. The fourth-order valence-corrected chi connectivity index (χ4v) is 3.19. The van der Waals surface area contributed by atoms with Crippen molar-refractivity contribution < 1.29 is 9.48 Å². The van der Waals surface area contributed by atoms with Crippen molar-refractivity contribution in [1.82, 2.24) is 5.01 Å². The van der Waals surface area contributed by atoms with Crippen LogP contribution >= 0.6 is 11.8 Å². The molecule has 2 heterocycles. The van der Waals surface area contributed by atoms with Crippen molar-refractivity contribution in [1.29, 1.82) is 5.41 Å². The molecule has 0 aromatic heterocycles. The summed E-state index contributed by atoms with van der Waals surface area (Å²) in [4.78, 5) is 12.2. The lowest BCUT2D eigenvalue weighted by Crippen LogP contribution is -2.27. The minimum absolute atomic E-state index is 0.0349. The Morgan fingerprint density at radius 1 is 1.08 bits per heavy atom. The van der Waals surface area contributed by atoms with Crippen molar-refractivity contribution in [2.75, 3.05) is 0 Å². The minimum atomic E-state index is -0.205. The molecule has 0 aliphatic carbocycles. The van der Waals surface area contributed by atoms with Crippen molar-refractivity contribution in [2.24, 2.45) is 10.2 Å². The molecule has 1 N–H and O–H groups in total. The van der Waals surface area contributed by atoms with Crippen LogP contribution in [0.3, 0.4) is 0 Å². The Hall–Kier alpha value is -3.06. The van der Waals surface area contributed by atoms with Gasteiger partial charge in [0.1, 0.15) is 11.3 Å². The molecule has 0 atom stereocenters. The van der Waals surface area contributed by atoms with E-state index in [1.807, 2.05) is 36.4 Å². The van der Waals surface area contributed by atoms with E-state index in [2.05, 4.69) is 10.2 Å². The summed E-state index contributed by atoms with van der Waals surface area (Å²) in [5, 5.41) is 19.7. The van der Waals surface area contributed by atoms with E-state index >= 15 is 0 Å². The number of carbonyl (C=O) groups excluding carboxylic acids is 1. The number of rotatable bonds is 3. The topological polar surface area (TPSA) is 71.9 Å². The van der Waals surface area contributed by atoms with Crippen LogP contribution in [0.25, 0.3) is 0 Å². The number of guanidine groups is 1. The molecule has 2 aromatic carbocycles. The maximum Gasteiger partial charge on any atom is 0.441 e. The second-order valence-corrected chi connectivity index (χ2v) is 6.05. The van der Waals surface area contributed by atoms with Crippen molar-refractivity contribution in [3.8, 4) is 0 Å². The molecule has 24 heavy (non-hydrogen) atoms. The highest BCUT2D eigenvalue weighted by atomic mass is 32.2. The zero-order valence-electron chi connectivity index (χ0n) is 12.5. The van der Waals surface area contributed by atoms with Gasteiger partial charge in [-0.05, 0) is 11.8 Å². The number of ketones is 1. The van der Waals surface area contributed by atoms with Gasteiger partial charge in [0.15, 0.2) is 0 Å². The normalized spacial score (nSPS) is 17.8. The Morgan fingerprint density at radius 3 is 2.42 bits per heavy atom. The lowest BCUT2D eigenvalue weighted by molar-refractivity contribution is -0.407. The molecule has 0 saturated heterocycles. The quantitative estimate of drug-likeness (QED) is 0.693. The van der Waals surface area contributed by atoms with Crippen LogP contribution in [0.5, 0.6) is 0 Å². The van der Waals surface area contributed by atoms with Crippen LogP contribution in [0, 0.1) is 5.41 Å². The Bertz CT molecular complexity index is 919. The number of hydrogen-bond acceptors (Lipinski definition) is 5. The lowest BCUT2D eigenvalue weighted by atomic mass is 10.1. The van der Waals surface area contributed by atoms with Crippen LogP contribution in [-0.4, -0.2) is 37.9 Å². The van der Waals surface area contributed by atoms with E-state index in [1.165, 1.54) is 27.7 Å². The van der Waals surface area contributed by atoms with Crippen LogP contribution in [0.15, 0.2) is 70.9 Å². The van der Waals surface area contributed by atoms with Crippen LogP contribution in [0.2, 0.25) is 0 Å². The third-order valence-electron chi connectivity index (χ3n) is 3.49. The van der Waals surface area contributed by atoms with Gasteiger partial charge < -0.3 is 0 Å². The molecule has 0 fully saturated rings. The first-order valence-corrected chi connectivity index (χ1v) is 8.07. The summed E-state index contributed by atoms with van der Waals surface area (Å²) >= 11 is 1.38. The summed E-state index contributed by atoms with van der Waals surface area (Å²) < 4.78 is 1.25. The number of hydrogen-bond donors (Lipinski definition) is 1. The van der Waals surface area contributed by atoms with Gasteiger partial charge in [-0.2, -0.15) is 0 Å². The monoisotopic (exact) mass is 334 g/mol. The number of nitrogens with zero attached hydrogens (tertiary/aromatic N) is 4. The van der Waals surface area contributed by atoms with E-state index in [9.17, 15) is 4.79 Å². The molecule has 6 nitrogen and oxygen atoms in total. The van der Waals surface area contributed by atoms with E-state index in [0.717, 1.165) is 10.6 Å². The van der Waals surface area contributed by atoms with Crippen molar-refractivity contribution in [3.05, 3.63) is 71.8 Å². The number of nitrogens with one attached hydrogen (secondary N) is 1. The predicted octanol–water partition coefficient (Wildman–Crippen LogP) is 2.58. The van der Waals surface area contributed by atoms with Gasteiger partial charge >= 0.3 is 5.96 Å². The van der Waals surface area contributed by atoms with Gasteiger partial charge in [0.2, 0.25) is 5.78 Å². The van der Waals surface area contributed by atoms with Crippen molar-refractivity contribution in [3.63, 3.8) is 0 Å². The highest BCUT2D eigenvalue weighted by molar-refractivity contribution is 8.27. The first-order valence-electron chi connectivity index (χ1n) is 7.25. The number of benzene rings is 2. The predicted molar refractivity (Wildman–Crippen MR) is 94.7 cm³/mol. The zero-order valence-corrected chi connectivity index (χ0v) is 13.3. The van der Waals surface area contributed by atoms with E-state index in [4.69, 9.17) is 5.41 Å². The largest absolute Gasteiger partial charge is 0.441 e. The van der Waals surface area contributed by atoms with Crippen LogP contribution < -0.4 is 0 Å². The van der Waals surface area contributed by atoms with Gasteiger partial charge in [-0.15, -0.1) is 10.1 Å². The van der Waals surface area contributed by atoms with Gasteiger partial charge in [0.25, 0.3) is 5.17 Å². The summed E-state index contributed by atoms with van der Waals surface area (Å²) in [5.41, 5.74) is 1.53. The molecule has 4 rings (SSSR count). The molecule has 2 aliphatic rings. The average molecular weight is 334 g/mol. The van der Waals surface area contributed by atoms with Gasteiger partial charge in [-0.3, -0.25) is 4.79 Å². The van der Waals surface area contributed by atoms with E-state index < -0.39 is 0 Å². The maximum absolute atomic E-state index is 12.2. The van der Waals surface area contributed by atoms with E-state index in [-0.39, 0.29) is 11.7 Å². The molecule has 0 amide bonds. The Kier molecular flexibility index (Phi) is 3.55. The average Bonchev–Trinajstić information content (AvgIpc) is 3.17. The summed E-state index contributed by atoms with van der Waals surface area (Å²) in [5.74, 6) is -0.171. The number of fused-ring (bicyclic) bond motifs is 1. The first kappa shape index (κ1) is 14.5. The summed E-state index contributed by atoms with van der Waals surface area (Å²) in [6, 6.07) is 18.6. The van der Waals surface area contributed by atoms with Crippen LogP contribution in [0.1, 0.15) is 15.9 Å². The number of hydrazone groups is 2. The SMILES string of the molecule is N=C1N2N=C(c3ccccc3)SC2=N[N+]1=CC(=O)c1ccccc1. The minimum Gasteiger partial charge on any atom is -0.286 e. The Labute approximate surface area is 142 Å². The maximum atomic E-state index is 12.2. The smallest absolute Gasteiger partial charge is 0.286 e. The first-order chi connectivity index (χ1) is 11.7.